The first-order chi connectivity index (χ1) is 12.8. The number of benzene rings is 1. The van der Waals surface area contributed by atoms with E-state index in [0.29, 0.717) is 36.6 Å². The number of nitrogens with zero attached hydrogens (tertiary/aromatic N) is 2. The summed E-state index contributed by atoms with van der Waals surface area (Å²) in [5.41, 5.74) is 1.92. The number of pyridine rings is 1. The van der Waals surface area contributed by atoms with Crippen LogP contribution < -0.4 is 9.62 Å². The lowest BCUT2D eigenvalue weighted by Gasteiger charge is -2.33. The highest BCUT2D eigenvalue weighted by atomic mass is 32.2. The van der Waals surface area contributed by atoms with E-state index in [9.17, 15) is 13.2 Å². The summed E-state index contributed by atoms with van der Waals surface area (Å²) in [4.78, 5) is 17.5. The van der Waals surface area contributed by atoms with Crippen LogP contribution in [0.4, 0.5) is 5.82 Å². The lowest BCUT2D eigenvalue weighted by molar-refractivity contribution is 0.0696. The predicted octanol–water partition coefficient (Wildman–Crippen LogP) is 2.34. The Kier molecular flexibility index (Phi) is 5.48. The van der Waals surface area contributed by atoms with E-state index in [0.717, 1.165) is 11.1 Å². The van der Waals surface area contributed by atoms with Crippen molar-refractivity contribution in [3.8, 4) is 0 Å². The largest absolute Gasteiger partial charge is 0.478 e. The van der Waals surface area contributed by atoms with Crippen LogP contribution in [0.2, 0.25) is 0 Å². The van der Waals surface area contributed by atoms with E-state index < -0.39 is 16.0 Å². The Balaban J connectivity index is 1.62. The summed E-state index contributed by atoms with van der Waals surface area (Å²) >= 11 is 0. The summed E-state index contributed by atoms with van der Waals surface area (Å²) in [6, 6.07) is 8.39. The van der Waals surface area contributed by atoms with Gasteiger partial charge in [0.25, 0.3) is 0 Å². The number of rotatable bonds is 5. The van der Waals surface area contributed by atoms with E-state index in [-0.39, 0.29) is 11.6 Å². The number of carboxylic acid groups (broad SMARTS) is 1. The first-order valence-corrected chi connectivity index (χ1v) is 10.3. The number of hydrogen-bond donors (Lipinski definition) is 2. The zero-order chi connectivity index (χ0) is 19.6. The number of hydrogen-bond acceptors (Lipinski definition) is 5. The van der Waals surface area contributed by atoms with Gasteiger partial charge in [-0.3, -0.25) is 0 Å². The van der Waals surface area contributed by atoms with Crippen LogP contribution >= 0.6 is 0 Å². The molecular formula is C19H23N3O4S. The predicted molar refractivity (Wildman–Crippen MR) is 103 cm³/mol. The molecule has 2 heterocycles. The van der Waals surface area contributed by atoms with Crippen LogP contribution in [0, 0.1) is 13.8 Å². The summed E-state index contributed by atoms with van der Waals surface area (Å²) in [6.07, 6.45) is 2.66. The fourth-order valence-corrected chi connectivity index (χ4v) is 4.84. The standard InChI is InChI=1S/C19H23N3O4S/c1-13-3-5-17(14(2)11-13)27(25,26)21-16-7-9-22(10-8-16)18-6-4-15(12-20-18)19(23)24/h3-6,11-12,16,21H,7-10H2,1-2H3,(H,23,24). The van der Waals surface area contributed by atoms with Crippen LogP contribution in [0.1, 0.15) is 34.3 Å². The van der Waals surface area contributed by atoms with Crippen LogP contribution in [-0.2, 0) is 10.0 Å². The van der Waals surface area contributed by atoms with Gasteiger partial charge in [-0.2, -0.15) is 0 Å². The van der Waals surface area contributed by atoms with Crippen molar-refractivity contribution in [2.24, 2.45) is 0 Å². The number of sulfonamides is 1. The third-order valence-electron chi connectivity index (χ3n) is 4.76. The zero-order valence-corrected chi connectivity index (χ0v) is 16.2. The summed E-state index contributed by atoms with van der Waals surface area (Å²) in [7, 11) is -3.55. The van der Waals surface area contributed by atoms with Gasteiger partial charge in [0.05, 0.1) is 10.5 Å². The van der Waals surface area contributed by atoms with Gasteiger partial charge in [-0.25, -0.2) is 22.9 Å². The molecule has 0 radical (unpaired) electrons. The molecule has 3 rings (SSSR count). The molecule has 8 heteroatoms. The van der Waals surface area contributed by atoms with Crippen LogP contribution in [0.3, 0.4) is 0 Å². The van der Waals surface area contributed by atoms with E-state index in [1.54, 1.807) is 25.1 Å². The van der Waals surface area contributed by atoms with Crippen LogP contribution in [0.5, 0.6) is 0 Å². The maximum absolute atomic E-state index is 12.7. The van der Waals surface area contributed by atoms with Crippen molar-refractivity contribution < 1.29 is 18.3 Å². The Bertz CT molecular complexity index is 934. The van der Waals surface area contributed by atoms with Gasteiger partial charge < -0.3 is 10.0 Å². The van der Waals surface area contributed by atoms with E-state index in [1.165, 1.54) is 12.3 Å². The number of aromatic carboxylic acids is 1. The molecule has 0 amide bonds. The van der Waals surface area contributed by atoms with Crippen molar-refractivity contribution in [2.75, 3.05) is 18.0 Å². The smallest absolute Gasteiger partial charge is 0.337 e. The monoisotopic (exact) mass is 389 g/mol. The average Bonchev–Trinajstić information content (AvgIpc) is 2.62. The summed E-state index contributed by atoms with van der Waals surface area (Å²) in [5.74, 6) is -0.302. The molecule has 0 atom stereocenters. The van der Waals surface area contributed by atoms with Gasteiger partial charge in [0.2, 0.25) is 10.0 Å². The molecule has 1 saturated heterocycles. The van der Waals surface area contributed by atoms with Gasteiger partial charge in [-0.05, 0) is 50.5 Å². The Labute approximate surface area is 159 Å². The Morgan fingerprint density at radius 2 is 1.89 bits per heavy atom. The normalized spacial score (nSPS) is 15.7. The van der Waals surface area contributed by atoms with Crippen LogP contribution in [0.15, 0.2) is 41.4 Å². The quantitative estimate of drug-likeness (QED) is 0.814. The minimum atomic E-state index is -3.55. The molecule has 1 aliphatic heterocycles. The molecule has 7 nitrogen and oxygen atoms in total. The molecular weight excluding hydrogens is 366 g/mol. The second-order valence-corrected chi connectivity index (χ2v) is 8.54. The van der Waals surface area contributed by atoms with Gasteiger partial charge in [-0.1, -0.05) is 17.7 Å². The second kappa shape index (κ2) is 7.66. The summed E-state index contributed by atoms with van der Waals surface area (Å²) in [5, 5.41) is 8.94. The molecule has 0 unspecified atom stereocenters. The lowest BCUT2D eigenvalue weighted by Crippen LogP contribution is -2.45. The molecule has 2 N–H and O–H groups in total. The second-order valence-electron chi connectivity index (χ2n) is 6.86. The maximum atomic E-state index is 12.7. The van der Waals surface area contributed by atoms with Gasteiger partial charge in [-0.15, -0.1) is 0 Å². The van der Waals surface area contributed by atoms with Gasteiger partial charge in [0.1, 0.15) is 5.82 Å². The average molecular weight is 389 g/mol. The molecule has 1 aromatic heterocycles. The number of aryl methyl sites for hydroxylation is 2. The van der Waals surface area contributed by atoms with Crippen molar-refractivity contribution in [3.05, 3.63) is 53.2 Å². The number of anilines is 1. The van der Waals surface area contributed by atoms with E-state index in [4.69, 9.17) is 5.11 Å². The van der Waals surface area contributed by atoms with Crippen molar-refractivity contribution in [1.82, 2.24) is 9.71 Å². The third kappa shape index (κ3) is 4.45. The SMILES string of the molecule is Cc1ccc(S(=O)(=O)NC2CCN(c3ccc(C(=O)O)cn3)CC2)c(C)c1. The highest BCUT2D eigenvalue weighted by molar-refractivity contribution is 7.89. The van der Waals surface area contributed by atoms with Crippen molar-refractivity contribution in [3.63, 3.8) is 0 Å². The number of nitrogens with one attached hydrogen (secondary N) is 1. The molecule has 144 valence electrons. The molecule has 0 spiro atoms. The Morgan fingerprint density at radius 3 is 2.44 bits per heavy atom. The summed E-state index contributed by atoms with van der Waals surface area (Å²) < 4.78 is 28.2. The zero-order valence-electron chi connectivity index (χ0n) is 15.3. The van der Waals surface area contributed by atoms with E-state index in [2.05, 4.69) is 9.71 Å². The molecule has 1 aliphatic rings. The van der Waals surface area contributed by atoms with Gasteiger partial charge in [0, 0.05) is 25.3 Å². The molecule has 1 fully saturated rings. The molecule has 0 aliphatic carbocycles. The number of carbonyl (C=O) groups is 1. The minimum absolute atomic E-state index is 0.134. The van der Waals surface area contributed by atoms with E-state index >= 15 is 0 Å². The maximum Gasteiger partial charge on any atom is 0.337 e. The third-order valence-corrected chi connectivity index (χ3v) is 6.44. The highest BCUT2D eigenvalue weighted by Crippen LogP contribution is 2.21. The molecule has 1 aromatic carbocycles. The number of piperidine rings is 1. The number of aromatic nitrogens is 1. The molecule has 0 bridgehead atoms. The van der Waals surface area contributed by atoms with Crippen molar-refractivity contribution in [2.45, 2.75) is 37.6 Å². The van der Waals surface area contributed by atoms with E-state index in [1.807, 2.05) is 17.9 Å². The van der Waals surface area contributed by atoms with Gasteiger partial charge >= 0.3 is 5.97 Å². The minimum Gasteiger partial charge on any atom is -0.478 e. The van der Waals surface area contributed by atoms with Crippen molar-refractivity contribution >= 4 is 21.8 Å². The molecule has 2 aromatic rings. The Hall–Kier alpha value is -2.45. The van der Waals surface area contributed by atoms with Crippen molar-refractivity contribution in [1.29, 1.82) is 0 Å². The fraction of sp³-hybridized carbons (Fsp3) is 0.368. The van der Waals surface area contributed by atoms with Gasteiger partial charge in [0.15, 0.2) is 0 Å². The summed E-state index contributed by atoms with van der Waals surface area (Å²) in [6.45, 7) is 5.04. The van der Waals surface area contributed by atoms with Crippen LogP contribution in [0.25, 0.3) is 0 Å². The topological polar surface area (TPSA) is 99.6 Å². The highest BCUT2D eigenvalue weighted by Gasteiger charge is 2.26. The first-order valence-electron chi connectivity index (χ1n) is 8.80. The Morgan fingerprint density at radius 1 is 1.19 bits per heavy atom. The molecule has 0 saturated carbocycles. The molecule has 27 heavy (non-hydrogen) atoms. The van der Waals surface area contributed by atoms with Crippen LogP contribution in [-0.4, -0.2) is 43.6 Å². The number of carboxylic acids is 1. The lowest BCUT2D eigenvalue weighted by atomic mass is 10.1. The fourth-order valence-electron chi connectivity index (χ4n) is 3.31. The first kappa shape index (κ1) is 19.3.